The number of ether oxygens (including phenoxy) is 1. The van der Waals surface area contributed by atoms with Gasteiger partial charge in [0.15, 0.2) is 0 Å². The lowest BCUT2D eigenvalue weighted by molar-refractivity contribution is -0.125. The molecule has 0 radical (unpaired) electrons. The summed E-state index contributed by atoms with van der Waals surface area (Å²) in [6.45, 7) is 0. The van der Waals surface area contributed by atoms with Gasteiger partial charge in [0, 0.05) is 11.5 Å². The lowest BCUT2D eigenvalue weighted by atomic mass is 9.99. The van der Waals surface area contributed by atoms with Crippen molar-refractivity contribution < 1.29 is 14.7 Å². The van der Waals surface area contributed by atoms with Crippen LogP contribution in [0.25, 0.3) is 10.9 Å². The number of fused-ring (bicyclic) bond motifs is 2. The second-order valence-corrected chi connectivity index (χ2v) is 5.70. The molecule has 120 valence electrons. The third kappa shape index (κ3) is 2.47. The Morgan fingerprint density at radius 1 is 1.17 bits per heavy atom. The average molecular weight is 321 g/mol. The van der Waals surface area contributed by atoms with E-state index >= 15 is 0 Å². The van der Waals surface area contributed by atoms with Gasteiger partial charge in [0.2, 0.25) is 5.88 Å². The highest BCUT2D eigenvalue weighted by Gasteiger charge is 2.29. The maximum absolute atomic E-state index is 11.7. The van der Waals surface area contributed by atoms with E-state index in [9.17, 15) is 10.0 Å². The number of aromatic nitrogens is 1. The number of carbonyl (C=O) groups excluding carboxylic acids is 1. The standard InChI is InChI=1S/C18H15N3O3/c19-14-10-12-9-13(6-7-16(12)21(23)18(14)22)24-17-8-5-11-3-1-2-4-15(11)20-17/h1-9,14,23H,10,19H2. The highest BCUT2D eigenvalue weighted by Crippen LogP contribution is 2.31. The van der Waals surface area contributed by atoms with Crippen LogP contribution in [0, 0.1) is 0 Å². The molecule has 3 aromatic rings. The molecule has 1 aliphatic rings. The summed E-state index contributed by atoms with van der Waals surface area (Å²) in [6, 6.07) is 15.9. The van der Waals surface area contributed by atoms with Gasteiger partial charge in [-0.1, -0.05) is 18.2 Å². The molecule has 6 heteroatoms. The second kappa shape index (κ2) is 5.59. The van der Waals surface area contributed by atoms with E-state index in [2.05, 4.69) is 4.98 Å². The molecule has 1 amide bonds. The van der Waals surface area contributed by atoms with Gasteiger partial charge in [-0.05, 0) is 42.3 Å². The second-order valence-electron chi connectivity index (χ2n) is 5.70. The molecule has 24 heavy (non-hydrogen) atoms. The molecule has 0 spiro atoms. The van der Waals surface area contributed by atoms with Crippen molar-refractivity contribution >= 4 is 22.5 Å². The zero-order valence-electron chi connectivity index (χ0n) is 12.7. The van der Waals surface area contributed by atoms with Crippen LogP contribution in [0.15, 0.2) is 54.6 Å². The van der Waals surface area contributed by atoms with Crippen LogP contribution in [0.1, 0.15) is 5.56 Å². The maximum atomic E-state index is 11.7. The van der Waals surface area contributed by atoms with Gasteiger partial charge in [-0.3, -0.25) is 10.0 Å². The van der Waals surface area contributed by atoms with E-state index in [0.29, 0.717) is 28.8 Å². The Bertz CT molecular complexity index is 942. The van der Waals surface area contributed by atoms with Crippen LogP contribution < -0.4 is 15.5 Å². The molecular weight excluding hydrogens is 306 g/mol. The van der Waals surface area contributed by atoms with Gasteiger partial charge < -0.3 is 10.5 Å². The zero-order chi connectivity index (χ0) is 16.7. The summed E-state index contributed by atoms with van der Waals surface area (Å²) in [5.41, 5.74) is 7.78. The number of amides is 1. The molecule has 2 heterocycles. The van der Waals surface area contributed by atoms with Gasteiger partial charge in [0.05, 0.1) is 17.2 Å². The van der Waals surface area contributed by atoms with E-state index in [4.69, 9.17) is 10.5 Å². The van der Waals surface area contributed by atoms with Crippen molar-refractivity contribution in [2.75, 3.05) is 5.06 Å². The summed E-state index contributed by atoms with van der Waals surface area (Å²) >= 11 is 0. The zero-order valence-corrected chi connectivity index (χ0v) is 12.7. The number of nitrogens with two attached hydrogens (primary N) is 1. The third-order valence-electron chi connectivity index (χ3n) is 4.04. The number of hydrogen-bond donors (Lipinski definition) is 2. The van der Waals surface area contributed by atoms with Crippen LogP contribution in [0.4, 0.5) is 5.69 Å². The van der Waals surface area contributed by atoms with Crippen molar-refractivity contribution in [3.8, 4) is 11.6 Å². The van der Waals surface area contributed by atoms with E-state index in [1.165, 1.54) is 0 Å². The van der Waals surface area contributed by atoms with E-state index < -0.39 is 11.9 Å². The highest BCUT2D eigenvalue weighted by atomic mass is 16.5. The molecule has 0 bridgehead atoms. The van der Waals surface area contributed by atoms with Gasteiger partial charge >= 0.3 is 0 Å². The van der Waals surface area contributed by atoms with Crippen LogP contribution >= 0.6 is 0 Å². The number of hydroxylamine groups is 1. The average Bonchev–Trinajstić information content (AvgIpc) is 2.59. The maximum Gasteiger partial charge on any atom is 0.267 e. The Morgan fingerprint density at radius 3 is 2.88 bits per heavy atom. The normalized spacial score (nSPS) is 17.0. The SMILES string of the molecule is NC1Cc2cc(Oc3ccc4ccccc4n3)ccc2N(O)C1=O. The summed E-state index contributed by atoms with van der Waals surface area (Å²) in [6.07, 6.45) is 0.355. The van der Waals surface area contributed by atoms with Crippen molar-refractivity contribution in [3.63, 3.8) is 0 Å². The van der Waals surface area contributed by atoms with E-state index in [0.717, 1.165) is 16.5 Å². The molecule has 1 unspecified atom stereocenters. The molecule has 3 N–H and O–H groups in total. The Morgan fingerprint density at radius 2 is 2.00 bits per heavy atom. The Kier molecular flexibility index (Phi) is 3.41. The third-order valence-corrected chi connectivity index (χ3v) is 4.04. The molecule has 1 aromatic heterocycles. The van der Waals surface area contributed by atoms with Crippen LogP contribution in [0.3, 0.4) is 0 Å². The summed E-state index contributed by atoms with van der Waals surface area (Å²) in [5, 5.41) is 11.5. The van der Waals surface area contributed by atoms with Crippen molar-refractivity contribution in [2.24, 2.45) is 5.73 Å². The topological polar surface area (TPSA) is 88.7 Å². The van der Waals surface area contributed by atoms with Crippen molar-refractivity contribution in [1.82, 2.24) is 4.98 Å². The molecule has 0 fully saturated rings. The minimum absolute atomic E-state index is 0.355. The molecule has 4 rings (SSSR count). The Balaban J connectivity index is 1.65. The van der Waals surface area contributed by atoms with E-state index in [-0.39, 0.29) is 0 Å². The number of hydrogen-bond acceptors (Lipinski definition) is 5. The fraction of sp³-hybridized carbons (Fsp3) is 0.111. The van der Waals surface area contributed by atoms with Gasteiger partial charge in [-0.15, -0.1) is 0 Å². The monoisotopic (exact) mass is 321 g/mol. The predicted molar refractivity (Wildman–Crippen MR) is 89.2 cm³/mol. The molecule has 0 saturated carbocycles. The van der Waals surface area contributed by atoms with E-state index in [1.54, 1.807) is 24.3 Å². The number of nitrogens with zero attached hydrogens (tertiary/aromatic N) is 2. The Labute approximate surface area is 138 Å². The summed E-state index contributed by atoms with van der Waals surface area (Å²) < 4.78 is 5.81. The molecule has 1 atom stereocenters. The number of anilines is 1. The first kappa shape index (κ1) is 14.6. The van der Waals surface area contributed by atoms with Crippen molar-refractivity contribution in [2.45, 2.75) is 12.5 Å². The van der Waals surface area contributed by atoms with E-state index in [1.807, 2.05) is 30.3 Å². The summed E-state index contributed by atoms with van der Waals surface area (Å²) in [5.74, 6) is 0.546. The predicted octanol–water partition coefficient (Wildman–Crippen LogP) is 2.63. The minimum atomic E-state index is -0.753. The number of para-hydroxylation sites is 1. The largest absolute Gasteiger partial charge is 0.439 e. The van der Waals surface area contributed by atoms with Gasteiger partial charge in [-0.25, -0.2) is 4.98 Å². The molecule has 2 aromatic carbocycles. The fourth-order valence-electron chi connectivity index (χ4n) is 2.82. The quantitative estimate of drug-likeness (QED) is 0.708. The van der Waals surface area contributed by atoms with Gasteiger partial charge in [0.1, 0.15) is 5.75 Å². The number of benzene rings is 2. The summed E-state index contributed by atoms with van der Waals surface area (Å²) in [4.78, 5) is 16.2. The first-order chi connectivity index (χ1) is 11.6. The lowest BCUT2D eigenvalue weighted by Crippen LogP contribution is -2.47. The van der Waals surface area contributed by atoms with Crippen LogP contribution in [0.5, 0.6) is 11.6 Å². The van der Waals surface area contributed by atoms with Crippen LogP contribution in [-0.2, 0) is 11.2 Å². The molecular formula is C18H15N3O3. The van der Waals surface area contributed by atoms with Crippen molar-refractivity contribution in [3.05, 3.63) is 60.2 Å². The first-order valence-corrected chi connectivity index (χ1v) is 7.57. The molecule has 0 saturated heterocycles. The number of rotatable bonds is 2. The Hall–Kier alpha value is -2.96. The molecule has 0 aliphatic carbocycles. The molecule has 1 aliphatic heterocycles. The van der Waals surface area contributed by atoms with Gasteiger partial charge in [-0.2, -0.15) is 5.06 Å². The number of carbonyl (C=O) groups is 1. The van der Waals surface area contributed by atoms with Crippen molar-refractivity contribution in [1.29, 1.82) is 0 Å². The molecule has 6 nitrogen and oxygen atoms in total. The summed E-state index contributed by atoms with van der Waals surface area (Å²) in [7, 11) is 0. The van der Waals surface area contributed by atoms with Gasteiger partial charge in [0.25, 0.3) is 5.91 Å². The fourth-order valence-corrected chi connectivity index (χ4v) is 2.82. The highest BCUT2D eigenvalue weighted by molar-refractivity contribution is 5.98. The van der Waals surface area contributed by atoms with Crippen LogP contribution in [0.2, 0.25) is 0 Å². The number of pyridine rings is 1. The smallest absolute Gasteiger partial charge is 0.267 e. The lowest BCUT2D eigenvalue weighted by Gasteiger charge is -2.27. The van der Waals surface area contributed by atoms with Crippen LogP contribution in [-0.4, -0.2) is 22.1 Å². The minimum Gasteiger partial charge on any atom is -0.439 e. The first-order valence-electron chi connectivity index (χ1n) is 7.57.